The number of carbonyl (C=O) groups is 1. The first-order valence-corrected chi connectivity index (χ1v) is 8.50. The van der Waals surface area contributed by atoms with Crippen molar-refractivity contribution in [2.24, 2.45) is 0 Å². The van der Waals surface area contributed by atoms with Gasteiger partial charge in [0.25, 0.3) is 5.91 Å². The van der Waals surface area contributed by atoms with E-state index in [0.29, 0.717) is 22.6 Å². The largest absolute Gasteiger partial charge is 0.348 e. The molecule has 5 nitrogen and oxygen atoms in total. The molecule has 2 aromatic carbocycles. The Morgan fingerprint density at radius 2 is 1.81 bits per heavy atom. The molecule has 0 aliphatic carbocycles. The number of aromatic amines is 1. The van der Waals surface area contributed by atoms with Gasteiger partial charge in [-0.3, -0.25) is 14.9 Å². The number of nitrogens with one attached hydrogen (secondary N) is 2. The van der Waals surface area contributed by atoms with Crippen molar-refractivity contribution in [3.63, 3.8) is 0 Å². The highest BCUT2D eigenvalue weighted by atomic mass is 35.5. The maximum atomic E-state index is 12.6. The van der Waals surface area contributed by atoms with Crippen LogP contribution in [-0.4, -0.2) is 21.1 Å². The van der Waals surface area contributed by atoms with E-state index >= 15 is 0 Å². The predicted octanol–water partition coefficient (Wildman–Crippen LogP) is 4.21. The van der Waals surface area contributed by atoms with Crippen LogP contribution in [0.25, 0.3) is 22.2 Å². The number of hydrogen-bond donors (Lipinski definition) is 2. The van der Waals surface area contributed by atoms with Gasteiger partial charge in [-0.15, -0.1) is 0 Å². The number of pyridine rings is 1. The third-order valence-electron chi connectivity index (χ3n) is 4.16. The third-order valence-corrected chi connectivity index (χ3v) is 4.42. The van der Waals surface area contributed by atoms with E-state index in [1.807, 2.05) is 36.4 Å². The summed E-state index contributed by atoms with van der Waals surface area (Å²) in [6.07, 6.45) is 3.44. The Morgan fingerprint density at radius 3 is 2.58 bits per heavy atom. The lowest BCUT2D eigenvalue weighted by molar-refractivity contribution is 0.0952. The number of halogens is 1. The molecule has 4 aromatic rings. The Labute approximate surface area is 155 Å². The van der Waals surface area contributed by atoms with Gasteiger partial charge in [0.15, 0.2) is 0 Å². The Balaban J connectivity index is 1.61. The van der Waals surface area contributed by atoms with Crippen LogP contribution in [0.1, 0.15) is 15.9 Å². The van der Waals surface area contributed by atoms with E-state index in [0.717, 1.165) is 22.2 Å². The number of H-pyrrole nitrogens is 1. The molecule has 0 saturated carbocycles. The molecular weight excluding hydrogens is 348 g/mol. The minimum atomic E-state index is -0.157. The van der Waals surface area contributed by atoms with Crippen LogP contribution in [0.5, 0.6) is 0 Å². The summed E-state index contributed by atoms with van der Waals surface area (Å²) in [6.45, 7) is 0.428. The molecule has 0 saturated heterocycles. The summed E-state index contributed by atoms with van der Waals surface area (Å²) >= 11 is 5.89. The molecule has 26 heavy (non-hydrogen) atoms. The van der Waals surface area contributed by atoms with Gasteiger partial charge in [-0.2, -0.15) is 5.10 Å². The second kappa shape index (κ2) is 6.98. The van der Waals surface area contributed by atoms with Crippen molar-refractivity contribution in [1.82, 2.24) is 20.5 Å². The van der Waals surface area contributed by atoms with E-state index in [9.17, 15) is 4.79 Å². The molecule has 4 rings (SSSR count). The minimum absolute atomic E-state index is 0.157. The highest BCUT2D eigenvalue weighted by Crippen LogP contribution is 2.27. The zero-order chi connectivity index (χ0) is 17.9. The molecule has 0 radical (unpaired) electrons. The lowest BCUT2D eigenvalue weighted by Gasteiger charge is -2.06. The molecule has 0 spiro atoms. The Bertz CT molecular complexity index is 1060. The number of aromatic nitrogens is 3. The molecular formula is C20H15ClN4O. The standard InChI is InChI=1S/C20H15ClN4O/c21-15-6-4-13(5-7-15)12-23-20(26)17-3-1-2-16-18(24-25-19(16)17)14-8-10-22-11-9-14/h1-11H,12H2,(H,23,26)(H,24,25). The molecule has 2 aromatic heterocycles. The topological polar surface area (TPSA) is 70.7 Å². The normalized spacial score (nSPS) is 10.8. The monoisotopic (exact) mass is 362 g/mol. The fraction of sp³-hybridized carbons (Fsp3) is 0.0500. The van der Waals surface area contributed by atoms with E-state index in [-0.39, 0.29) is 5.91 Å². The average molecular weight is 363 g/mol. The highest BCUT2D eigenvalue weighted by Gasteiger charge is 2.15. The van der Waals surface area contributed by atoms with Crippen LogP contribution in [0.3, 0.4) is 0 Å². The number of amides is 1. The van der Waals surface area contributed by atoms with Gasteiger partial charge >= 0.3 is 0 Å². The van der Waals surface area contributed by atoms with Crippen molar-refractivity contribution in [3.8, 4) is 11.3 Å². The second-order valence-corrected chi connectivity index (χ2v) is 6.28. The number of hydrogen-bond acceptors (Lipinski definition) is 3. The predicted molar refractivity (Wildman–Crippen MR) is 102 cm³/mol. The van der Waals surface area contributed by atoms with Crippen molar-refractivity contribution in [2.45, 2.75) is 6.54 Å². The smallest absolute Gasteiger partial charge is 0.253 e. The Kier molecular flexibility index (Phi) is 4.37. The maximum Gasteiger partial charge on any atom is 0.253 e. The second-order valence-electron chi connectivity index (χ2n) is 5.85. The Morgan fingerprint density at radius 1 is 1.04 bits per heavy atom. The van der Waals surface area contributed by atoms with Crippen molar-refractivity contribution < 1.29 is 4.79 Å². The Hall–Kier alpha value is -3.18. The van der Waals surface area contributed by atoms with E-state index in [1.165, 1.54) is 0 Å². The SMILES string of the molecule is O=C(NCc1ccc(Cl)cc1)c1cccc2c(-c3ccncc3)n[nH]c12. The van der Waals surface area contributed by atoms with Crippen molar-refractivity contribution >= 4 is 28.4 Å². The fourth-order valence-corrected chi connectivity index (χ4v) is 2.97. The molecule has 0 fully saturated rings. The minimum Gasteiger partial charge on any atom is -0.348 e. The number of para-hydroxylation sites is 1. The molecule has 1 amide bonds. The lowest BCUT2D eigenvalue weighted by atomic mass is 10.1. The van der Waals surface area contributed by atoms with Crippen molar-refractivity contribution in [1.29, 1.82) is 0 Å². The van der Waals surface area contributed by atoms with Crippen LogP contribution in [-0.2, 0) is 6.54 Å². The zero-order valence-electron chi connectivity index (χ0n) is 13.7. The van der Waals surface area contributed by atoms with E-state index in [2.05, 4.69) is 20.5 Å². The molecule has 6 heteroatoms. The molecule has 2 heterocycles. The van der Waals surface area contributed by atoms with Crippen LogP contribution in [0.4, 0.5) is 0 Å². The number of fused-ring (bicyclic) bond motifs is 1. The number of nitrogens with zero attached hydrogens (tertiary/aromatic N) is 2. The molecule has 0 atom stereocenters. The van der Waals surface area contributed by atoms with E-state index < -0.39 is 0 Å². The zero-order valence-corrected chi connectivity index (χ0v) is 14.5. The van der Waals surface area contributed by atoms with Gasteiger partial charge < -0.3 is 5.32 Å². The quantitative estimate of drug-likeness (QED) is 0.571. The summed E-state index contributed by atoms with van der Waals surface area (Å²) < 4.78 is 0. The van der Waals surface area contributed by atoms with Gasteiger partial charge in [0.05, 0.1) is 11.1 Å². The molecule has 2 N–H and O–H groups in total. The number of carbonyl (C=O) groups excluding carboxylic acids is 1. The summed E-state index contributed by atoms with van der Waals surface area (Å²) in [6, 6.07) is 16.8. The summed E-state index contributed by atoms with van der Waals surface area (Å²) in [4.78, 5) is 16.7. The highest BCUT2D eigenvalue weighted by molar-refractivity contribution is 6.30. The summed E-state index contributed by atoms with van der Waals surface area (Å²) in [5.41, 5.74) is 4.01. The first-order chi connectivity index (χ1) is 12.7. The lowest BCUT2D eigenvalue weighted by Crippen LogP contribution is -2.23. The summed E-state index contributed by atoms with van der Waals surface area (Å²) in [5.74, 6) is -0.157. The van der Waals surface area contributed by atoms with Crippen molar-refractivity contribution in [3.05, 3.63) is 83.1 Å². The number of benzene rings is 2. The van der Waals surface area contributed by atoms with E-state index in [4.69, 9.17) is 11.6 Å². The molecule has 0 bridgehead atoms. The maximum absolute atomic E-state index is 12.6. The molecule has 128 valence electrons. The van der Waals surface area contributed by atoms with Crippen LogP contribution in [0, 0.1) is 0 Å². The van der Waals surface area contributed by atoms with Gasteiger partial charge in [0.2, 0.25) is 0 Å². The molecule has 0 unspecified atom stereocenters. The van der Waals surface area contributed by atoms with Crippen molar-refractivity contribution in [2.75, 3.05) is 0 Å². The van der Waals surface area contributed by atoms with Gasteiger partial charge in [0.1, 0.15) is 5.69 Å². The van der Waals surface area contributed by atoms with Gasteiger partial charge in [-0.1, -0.05) is 35.9 Å². The fourth-order valence-electron chi connectivity index (χ4n) is 2.84. The molecule has 0 aliphatic rings. The third kappa shape index (κ3) is 3.17. The van der Waals surface area contributed by atoms with Gasteiger partial charge in [-0.25, -0.2) is 0 Å². The first-order valence-electron chi connectivity index (χ1n) is 8.12. The summed E-state index contributed by atoms with van der Waals surface area (Å²) in [7, 11) is 0. The van der Waals surface area contributed by atoms with Crippen LogP contribution in [0.2, 0.25) is 5.02 Å². The van der Waals surface area contributed by atoms with Gasteiger partial charge in [0, 0.05) is 34.9 Å². The number of rotatable bonds is 4. The first kappa shape index (κ1) is 16.3. The van der Waals surface area contributed by atoms with Crippen LogP contribution in [0.15, 0.2) is 67.0 Å². The molecule has 0 aliphatic heterocycles. The van der Waals surface area contributed by atoms with Gasteiger partial charge in [-0.05, 0) is 35.9 Å². The van der Waals surface area contributed by atoms with Crippen LogP contribution < -0.4 is 5.32 Å². The van der Waals surface area contributed by atoms with Crippen LogP contribution >= 0.6 is 11.6 Å². The van der Waals surface area contributed by atoms with E-state index in [1.54, 1.807) is 30.6 Å². The average Bonchev–Trinajstić information content (AvgIpc) is 3.12. The summed E-state index contributed by atoms with van der Waals surface area (Å²) in [5, 5.41) is 11.9.